The van der Waals surface area contributed by atoms with Crippen LogP contribution in [0.25, 0.3) is 0 Å². The van der Waals surface area contributed by atoms with Crippen LogP contribution in [0.3, 0.4) is 0 Å². The van der Waals surface area contributed by atoms with Gasteiger partial charge in [0.2, 0.25) is 5.91 Å². The molecule has 1 amide bonds. The van der Waals surface area contributed by atoms with Crippen molar-refractivity contribution in [3.05, 3.63) is 15.9 Å². The molecule has 1 aromatic rings. The minimum atomic E-state index is 0.0203. The van der Waals surface area contributed by atoms with E-state index in [2.05, 4.69) is 45.5 Å². The fourth-order valence-corrected chi connectivity index (χ4v) is 2.44. The van der Waals surface area contributed by atoms with Crippen molar-refractivity contribution < 1.29 is 4.79 Å². The van der Waals surface area contributed by atoms with Crippen molar-refractivity contribution in [1.82, 2.24) is 20.4 Å². The van der Waals surface area contributed by atoms with Gasteiger partial charge in [-0.25, -0.2) is 0 Å². The molecule has 5 nitrogen and oxygen atoms in total. The maximum Gasteiger partial charge on any atom is 0.233 e. The zero-order valence-corrected chi connectivity index (χ0v) is 12.8. The van der Waals surface area contributed by atoms with E-state index in [1.165, 1.54) is 0 Å². The molecule has 0 unspecified atom stereocenters. The molecule has 0 spiro atoms. The first kappa shape index (κ1) is 15.2. The number of amides is 1. The zero-order chi connectivity index (χ0) is 13.5. The van der Waals surface area contributed by atoms with Crippen molar-refractivity contribution in [3.63, 3.8) is 0 Å². The van der Waals surface area contributed by atoms with Gasteiger partial charge in [0.15, 0.2) is 0 Å². The molecule has 1 heterocycles. The molecule has 0 atom stereocenters. The number of likely N-dealkylation sites (N-methyl/N-ethyl adjacent to an activating group) is 1. The fourth-order valence-electron chi connectivity index (χ4n) is 1.74. The lowest BCUT2D eigenvalue weighted by molar-refractivity contribution is -0.120. The lowest BCUT2D eigenvalue weighted by atomic mass is 10.3. The predicted molar refractivity (Wildman–Crippen MR) is 75.4 cm³/mol. The predicted octanol–water partition coefficient (Wildman–Crippen LogP) is 1.45. The summed E-state index contributed by atoms with van der Waals surface area (Å²) in [7, 11) is 0. The molecular weight excluding hydrogens is 296 g/mol. The van der Waals surface area contributed by atoms with E-state index in [1.807, 2.05) is 11.6 Å². The van der Waals surface area contributed by atoms with Crippen LogP contribution in [0.4, 0.5) is 0 Å². The van der Waals surface area contributed by atoms with Crippen LogP contribution in [0.2, 0.25) is 0 Å². The molecule has 0 fully saturated rings. The van der Waals surface area contributed by atoms with Crippen LogP contribution in [-0.4, -0.2) is 28.8 Å². The normalized spacial score (nSPS) is 10.7. The number of hydrogen-bond donors (Lipinski definition) is 2. The van der Waals surface area contributed by atoms with Gasteiger partial charge >= 0.3 is 0 Å². The van der Waals surface area contributed by atoms with E-state index in [0.717, 1.165) is 28.8 Å². The molecular formula is C12H21BrN4O. The fraction of sp³-hybridized carbons (Fsp3) is 0.667. The zero-order valence-electron chi connectivity index (χ0n) is 11.2. The Morgan fingerprint density at radius 3 is 2.67 bits per heavy atom. The Balaban J connectivity index is 2.61. The summed E-state index contributed by atoms with van der Waals surface area (Å²) in [5.74, 6) is 0.0203. The molecule has 1 aromatic heterocycles. The summed E-state index contributed by atoms with van der Waals surface area (Å²) >= 11 is 3.58. The second-order valence-corrected chi connectivity index (χ2v) is 4.73. The van der Waals surface area contributed by atoms with Gasteiger partial charge in [0, 0.05) is 19.6 Å². The minimum absolute atomic E-state index is 0.0203. The van der Waals surface area contributed by atoms with E-state index in [-0.39, 0.29) is 5.91 Å². The molecule has 1 rings (SSSR count). The average molecular weight is 317 g/mol. The first-order valence-electron chi connectivity index (χ1n) is 6.35. The maximum atomic E-state index is 11.3. The number of halogens is 1. The summed E-state index contributed by atoms with van der Waals surface area (Å²) in [6.07, 6.45) is 0.900. The number of nitrogens with zero attached hydrogens (tertiary/aromatic N) is 2. The average Bonchev–Trinajstić information content (AvgIpc) is 2.66. The third-order valence-corrected chi connectivity index (χ3v) is 3.56. The smallest absolute Gasteiger partial charge is 0.233 e. The molecule has 0 aliphatic carbocycles. The molecule has 0 bridgehead atoms. The van der Waals surface area contributed by atoms with E-state index >= 15 is 0 Å². The maximum absolute atomic E-state index is 11.3. The third-order valence-electron chi connectivity index (χ3n) is 2.65. The molecule has 2 N–H and O–H groups in total. The van der Waals surface area contributed by atoms with Gasteiger partial charge in [-0.15, -0.1) is 0 Å². The quantitative estimate of drug-likeness (QED) is 0.800. The largest absolute Gasteiger partial charge is 0.355 e. The van der Waals surface area contributed by atoms with E-state index in [0.29, 0.717) is 19.6 Å². The molecule has 0 aliphatic rings. The van der Waals surface area contributed by atoms with Crippen LogP contribution in [0.1, 0.15) is 32.2 Å². The Labute approximate surface area is 116 Å². The summed E-state index contributed by atoms with van der Waals surface area (Å²) in [5, 5.41) is 10.4. The summed E-state index contributed by atoms with van der Waals surface area (Å²) in [6, 6.07) is 0. The third kappa shape index (κ3) is 3.81. The summed E-state index contributed by atoms with van der Waals surface area (Å²) in [4.78, 5) is 11.3. The topological polar surface area (TPSA) is 59.0 Å². The van der Waals surface area contributed by atoms with Gasteiger partial charge in [-0.3, -0.25) is 9.48 Å². The lowest BCUT2D eigenvalue weighted by Gasteiger charge is -2.07. The Bertz CT molecular complexity index is 403. The number of carbonyl (C=O) groups excluding carboxylic acids is 1. The van der Waals surface area contributed by atoms with Crippen molar-refractivity contribution in [2.24, 2.45) is 0 Å². The van der Waals surface area contributed by atoms with Crippen molar-refractivity contribution in [2.45, 2.75) is 40.3 Å². The van der Waals surface area contributed by atoms with Crippen LogP contribution >= 0.6 is 15.9 Å². The van der Waals surface area contributed by atoms with Gasteiger partial charge in [0.05, 0.1) is 22.4 Å². The van der Waals surface area contributed by atoms with Crippen LogP contribution in [0.5, 0.6) is 0 Å². The van der Waals surface area contributed by atoms with Crippen LogP contribution in [0, 0.1) is 0 Å². The SMILES string of the molecule is CCNC(=O)CNCc1c(Br)c(CC)nn1CC. The van der Waals surface area contributed by atoms with E-state index in [9.17, 15) is 4.79 Å². The number of nitrogens with one attached hydrogen (secondary N) is 2. The summed E-state index contributed by atoms with van der Waals surface area (Å²) in [6.45, 7) is 8.52. The van der Waals surface area contributed by atoms with Crippen molar-refractivity contribution in [1.29, 1.82) is 0 Å². The van der Waals surface area contributed by atoms with Gasteiger partial charge < -0.3 is 10.6 Å². The highest BCUT2D eigenvalue weighted by Gasteiger charge is 2.13. The minimum Gasteiger partial charge on any atom is -0.355 e. The lowest BCUT2D eigenvalue weighted by Crippen LogP contribution is -2.33. The highest BCUT2D eigenvalue weighted by molar-refractivity contribution is 9.10. The second-order valence-electron chi connectivity index (χ2n) is 3.93. The Morgan fingerprint density at radius 2 is 2.11 bits per heavy atom. The molecule has 0 saturated heterocycles. The first-order chi connectivity index (χ1) is 8.63. The van der Waals surface area contributed by atoms with Gasteiger partial charge in [-0.2, -0.15) is 5.10 Å². The Morgan fingerprint density at radius 1 is 1.39 bits per heavy atom. The Kier molecular flexibility index (Phi) is 6.35. The number of aryl methyl sites for hydroxylation is 2. The standard InChI is InChI=1S/C12H21BrN4O/c1-4-9-12(13)10(17(6-3)16-9)7-14-8-11(18)15-5-2/h14H,4-8H2,1-3H3,(H,15,18). The van der Waals surface area contributed by atoms with Crippen LogP contribution in [-0.2, 0) is 24.3 Å². The number of carbonyl (C=O) groups is 1. The van der Waals surface area contributed by atoms with Gasteiger partial charge in [-0.05, 0) is 36.2 Å². The molecule has 6 heteroatoms. The van der Waals surface area contributed by atoms with Crippen molar-refractivity contribution in [2.75, 3.05) is 13.1 Å². The number of aromatic nitrogens is 2. The highest BCUT2D eigenvalue weighted by atomic mass is 79.9. The molecule has 0 saturated carbocycles. The molecule has 0 radical (unpaired) electrons. The summed E-state index contributed by atoms with van der Waals surface area (Å²) in [5.41, 5.74) is 2.16. The van der Waals surface area contributed by atoms with Crippen molar-refractivity contribution >= 4 is 21.8 Å². The van der Waals surface area contributed by atoms with E-state index < -0.39 is 0 Å². The molecule has 102 valence electrons. The van der Waals surface area contributed by atoms with Gasteiger partial charge in [0.1, 0.15) is 0 Å². The molecule has 18 heavy (non-hydrogen) atoms. The number of rotatable bonds is 7. The van der Waals surface area contributed by atoms with Crippen molar-refractivity contribution in [3.8, 4) is 0 Å². The van der Waals surface area contributed by atoms with Crippen LogP contribution in [0.15, 0.2) is 4.47 Å². The van der Waals surface area contributed by atoms with E-state index in [4.69, 9.17) is 0 Å². The molecule has 0 aliphatic heterocycles. The monoisotopic (exact) mass is 316 g/mol. The molecule has 0 aromatic carbocycles. The number of hydrogen-bond acceptors (Lipinski definition) is 3. The Hall–Kier alpha value is -0.880. The van der Waals surface area contributed by atoms with E-state index in [1.54, 1.807) is 0 Å². The first-order valence-corrected chi connectivity index (χ1v) is 7.14. The summed E-state index contributed by atoms with van der Waals surface area (Å²) < 4.78 is 3.02. The van der Waals surface area contributed by atoms with Gasteiger partial charge in [0.25, 0.3) is 0 Å². The van der Waals surface area contributed by atoms with Crippen LogP contribution < -0.4 is 10.6 Å². The van der Waals surface area contributed by atoms with Gasteiger partial charge in [-0.1, -0.05) is 6.92 Å². The highest BCUT2D eigenvalue weighted by Crippen LogP contribution is 2.21. The second kappa shape index (κ2) is 7.53.